The number of nitrogens with one attached hydrogen (secondary N) is 3. The molecule has 3 aromatic rings. The number of benzene rings is 2. The molecule has 1 aromatic heterocycles. The van der Waals surface area contributed by atoms with Crippen LogP contribution in [0.15, 0.2) is 53.4 Å². The van der Waals surface area contributed by atoms with Crippen molar-refractivity contribution in [1.29, 1.82) is 0 Å². The molecule has 1 amide bonds. The molecular weight excluding hydrogens is 547 g/mol. The van der Waals surface area contributed by atoms with Crippen molar-refractivity contribution in [2.45, 2.75) is 63.5 Å². The predicted molar refractivity (Wildman–Crippen MR) is 167 cm³/mol. The summed E-state index contributed by atoms with van der Waals surface area (Å²) < 4.78 is 5.36. The zero-order chi connectivity index (χ0) is 27.9. The number of amides is 1. The molecule has 0 aliphatic heterocycles. The predicted octanol–water partition coefficient (Wildman–Crippen LogP) is 7.68. The lowest BCUT2D eigenvalue weighted by molar-refractivity contribution is -0.115. The molecule has 2 aromatic carbocycles. The highest BCUT2D eigenvalue weighted by Gasteiger charge is 2.30. The lowest BCUT2D eigenvalue weighted by atomic mass is 9.88. The van der Waals surface area contributed by atoms with Gasteiger partial charge in [-0.2, -0.15) is 0 Å². The van der Waals surface area contributed by atoms with Gasteiger partial charge in [0, 0.05) is 21.1 Å². The van der Waals surface area contributed by atoms with Gasteiger partial charge in [-0.15, -0.1) is 23.1 Å². The summed E-state index contributed by atoms with van der Waals surface area (Å²) in [4.78, 5) is 28.4. The van der Waals surface area contributed by atoms with Gasteiger partial charge >= 0.3 is 5.97 Å². The van der Waals surface area contributed by atoms with Crippen LogP contribution in [0.25, 0.3) is 0 Å². The Hall–Kier alpha value is -2.88. The first-order valence-corrected chi connectivity index (χ1v) is 15.4. The molecule has 0 spiro atoms. The third-order valence-corrected chi connectivity index (χ3v) is 9.30. The highest BCUT2D eigenvalue weighted by molar-refractivity contribution is 8.00. The highest BCUT2D eigenvalue weighted by atomic mass is 32.2. The number of fused-ring (bicyclic) bond motifs is 1. The van der Waals surface area contributed by atoms with Crippen LogP contribution < -0.4 is 16.0 Å². The fourth-order valence-electron chi connectivity index (χ4n) is 4.51. The van der Waals surface area contributed by atoms with Gasteiger partial charge in [-0.25, -0.2) is 4.79 Å². The van der Waals surface area contributed by atoms with Crippen molar-refractivity contribution in [3.05, 3.63) is 70.1 Å². The fourth-order valence-corrected chi connectivity index (χ4v) is 7.17. The van der Waals surface area contributed by atoms with Gasteiger partial charge in [-0.05, 0) is 93.6 Å². The zero-order valence-electron chi connectivity index (χ0n) is 22.8. The minimum atomic E-state index is -0.352. The van der Waals surface area contributed by atoms with Crippen LogP contribution in [0.5, 0.6) is 0 Å². The summed E-state index contributed by atoms with van der Waals surface area (Å²) in [5, 5.41) is 10.3. The summed E-state index contributed by atoms with van der Waals surface area (Å²) in [6, 6.07) is 15.9. The number of ether oxygens (including phenoxy) is 1. The van der Waals surface area contributed by atoms with Gasteiger partial charge in [0.25, 0.3) is 0 Å². The van der Waals surface area contributed by atoms with E-state index >= 15 is 0 Å². The van der Waals surface area contributed by atoms with E-state index in [2.05, 4.69) is 22.9 Å². The SMILES string of the molecule is CCOC(=O)c1c(NC(=O)C(CC)Sc2cccc(NC(=S)Nc3ccc(C)cc3)c2)sc2c1CCC(C)C2. The van der Waals surface area contributed by atoms with E-state index in [4.69, 9.17) is 17.0 Å². The molecule has 2 unspecified atom stereocenters. The molecule has 4 rings (SSSR count). The molecule has 39 heavy (non-hydrogen) atoms. The number of aryl methyl sites for hydroxylation is 1. The molecule has 1 heterocycles. The Morgan fingerprint density at radius 1 is 1.10 bits per heavy atom. The smallest absolute Gasteiger partial charge is 0.341 e. The van der Waals surface area contributed by atoms with Crippen LogP contribution in [-0.4, -0.2) is 28.8 Å². The quantitative estimate of drug-likeness (QED) is 0.136. The van der Waals surface area contributed by atoms with Gasteiger partial charge < -0.3 is 20.7 Å². The highest BCUT2D eigenvalue weighted by Crippen LogP contribution is 2.40. The van der Waals surface area contributed by atoms with Gasteiger partial charge in [0.15, 0.2) is 5.11 Å². The number of hydrogen-bond acceptors (Lipinski definition) is 6. The fraction of sp³-hybridized carbons (Fsp3) is 0.367. The van der Waals surface area contributed by atoms with Crippen LogP contribution in [0, 0.1) is 12.8 Å². The molecule has 3 N–H and O–H groups in total. The summed E-state index contributed by atoms with van der Waals surface area (Å²) in [6.45, 7) is 8.36. The van der Waals surface area contributed by atoms with E-state index in [9.17, 15) is 9.59 Å². The second-order valence-corrected chi connectivity index (χ2v) is 12.5. The number of thioether (sulfide) groups is 1. The van der Waals surface area contributed by atoms with E-state index < -0.39 is 0 Å². The van der Waals surface area contributed by atoms with Crippen molar-refractivity contribution in [2.75, 3.05) is 22.6 Å². The number of hydrogen-bond donors (Lipinski definition) is 3. The zero-order valence-corrected chi connectivity index (χ0v) is 25.2. The monoisotopic (exact) mass is 581 g/mol. The maximum atomic E-state index is 13.4. The summed E-state index contributed by atoms with van der Waals surface area (Å²) in [5.41, 5.74) is 4.52. The first-order chi connectivity index (χ1) is 18.8. The molecule has 0 radical (unpaired) electrons. The molecule has 1 aliphatic rings. The summed E-state index contributed by atoms with van der Waals surface area (Å²) in [5.74, 6) is 0.0960. The molecule has 0 bridgehead atoms. The molecule has 0 saturated carbocycles. The molecule has 9 heteroatoms. The molecular formula is C30H35N3O3S3. The number of carbonyl (C=O) groups is 2. The number of rotatable bonds is 9. The number of esters is 1. The minimum Gasteiger partial charge on any atom is -0.462 e. The standard InChI is InChI=1S/C30H35N3O3S3/c1-5-24(27(34)33-28-26(29(35)36-6-2)23-15-12-19(4)16-25(23)39-28)38-22-9-7-8-21(17-22)32-30(37)31-20-13-10-18(3)11-14-20/h7-11,13-14,17,19,24H,5-6,12,15-16H2,1-4H3,(H,33,34)(H2,31,32,37). The van der Waals surface area contributed by atoms with Crippen LogP contribution >= 0.6 is 35.3 Å². The van der Waals surface area contributed by atoms with Gasteiger partial charge in [-0.3, -0.25) is 4.79 Å². The summed E-state index contributed by atoms with van der Waals surface area (Å²) in [7, 11) is 0. The second-order valence-electron chi connectivity index (χ2n) is 9.75. The van der Waals surface area contributed by atoms with Crippen LogP contribution in [0.2, 0.25) is 0 Å². The average molecular weight is 582 g/mol. The Balaban J connectivity index is 1.44. The largest absolute Gasteiger partial charge is 0.462 e. The molecule has 206 valence electrons. The van der Waals surface area contributed by atoms with Crippen molar-refractivity contribution >= 4 is 68.7 Å². The molecule has 0 fully saturated rings. The number of thiocarbonyl (C=S) groups is 1. The van der Waals surface area contributed by atoms with Crippen molar-refractivity contribution in [1.82, 2.24) is 0 Å². The van der Waals surface area contributed by atoms with Crippen LogP contribution in [-0.2, 0) is 22.4 Å². The van der Waals surface area contributed by atoms with E-state index in [1.165, 1.54) is 33.5 Å². The molecule has 0 saturated heterocycles. The maximum Gasteiger partial charge on any atom is 0.341 e. The normalized spacial score (nSPS) is 15.1. The van der Waals surface area contributed by atoms with Gasteiger partial charge in [0.05, 0.1) is 17.4 Å². The van der Waals surface area contributed by atoms with E-state index in [-0.39, 0.29) is 17.1 Å². The van der Waals surface area contributed by atoms with Crippen LogP contribution in [0.3, 0.4) is 0 Å². The summed E-state index contributed by atoms with van der Waals surface area (Å²) >= 11 is 8.50. The lowest BCUT2D eigenvalue weighted by Gasteiger charge is -2.18. The van der Waals surface area contributed by atoms with Crippen molar-refractivity contribution in [3.63, 3.8) is 0 Å². The molecule has 1 aliphatic carbocycles. The van der Waals surface area contributed by atoms with Crippen LogP contribution in [0.1, 0.15) is 60.0 Å². The van der Waals surface area contributed by atoms with E-state index in [1.54, 1.807) is 6.92 Å². The number of anilines is 3. The molecule has 2 atom stereocenters. The topological polar surface area (TPSA) is 79.5 Å². The number of thiophene rings is 1. The van der Waals surface area contributed by atoms with Crippen molar-refractivity contribution in [2.24, 2.45) is 5.92 Å². The third kappa shape index (κ3) is 7.62. The molecule has 6 nitrogen and oxygen atoms in total. The first kappa shape index (κ1) is 29.1. The van der Waals surface area contributed by atoms with Gasteiger partial charge in [0.2, 0.25) is 5.91 Å². The lowest BCUT2D eigenvalue weighted by Crippen LogP contribution is -2.25. The Bertz CT molecular complexity index is 1340. The summed E-state index contributed by atoms with van der Waals surface area (Å²) in [6.07, 6.45) is 3.43. The van der Waals surface area contributed by atoms with Crippen molar-refractivity contribution < 1.29 is 14.3 Å². The van der Waals surface area contributed by atoms with Crippen LogP contribution in [0.4, 0.5) is 16.4 Å². The van der Waals surface area contributed by atoms with E-state index in [0.717, 1.165) is 41.1 Å². The van der Waals surface area contributed by atoms with Crippen molar-refractivity contribution in [3.8, 4) is 0 Å². The third-order valence-electron chi connectivity index (χ3n) is 6.57. The minimum absolute atomic E-state index is 0.116. The number of carbonyl (C=O) groups excluding carboxylic acids is 2. The van der Waals surface area contributed by atoms with Gasteiger partial charge in [-0.1, -0.05) is 37.6 Å². The van der Waals surface area contributed by atoms with E-state index in [1.807, 2.05) is 62.4 Å². The maximum absolute atomic E-state index is 13.4. The Labute approximate surface area is 244 Å². The second kappa shape index (κ2) is 13.5. The Morgan fingerprint density at radius 3 is 2.56 bits per heavy atom. The Morgan fingerprint density at radius 2 is 1.85 bits per heavy atom. The first-order valence-electron chi connectivity index (χ1n) is 13.3. The van der Waals surface area contributed by atoms with E-state index in [0.29, 0.717) is 34.6 Å². The van der Waals surface area contributed by atoms with Gasteiger partial charge in [0.1, 0.15) is 5.00 Å². The Kier molecular flexibility index (Phi) is 10.0. The average Bonchev–Trinajstić information content (AvgIpc) is 3.25.